The number of rotatable bonds is 3. The minimum atomic E-state index is -0.472. The van der Waals surface area contributed by atoms with Gasteiger partial charge in [0.15, 0.2) is 0 Å². The molecule has 7 heteroatoms. The summed E-state index contributed by atoms with van der Waals surface area (Å²) < 4.78 is 4.66. The molecule has 0 unspecified atom stereocenters. The van der Waals surface area contributed by atoms with Gasteiger partial charge in [0.05, 0.1) is 5.70 Å². The van der Waals surface area contributed by atoms with Gasteiger partial charge >= 0.3 is 12.0 Å². The van der Waals surface area contributed by atoms with Gasteiger partial charge in [0.1, 0.15) is 6.61 Å². The highest BCUT2D eigenvalue weighted by Gasteiger charge is 2.13. The first-order valence-electron chi connectivity index (χ1n) is 5.51. The smallest absolute Gasteiger partial charge is 0.337 e. The van der Waals surface area contributed by atoms with Crippen LogP contribution in [-0.2, 0) is 9.53 Å². The SMILES string of the molecule is Cc1ccc(NC(=O)NNC2=CC(=O)OC2)cc1Cl. The molecule has 1 aromatic carbocycles. The number of hydrogen-bond acceptors (Lipinski definition) is 4. The highest BCUT2D eigenvalue weighted by Crippen LogP contribution is 2.19. The Morgan fingerprint density at radius 2 is 2.21 bits per heavy atom. The first-order valence-corrected chi connectivity index (χ1v) is 5.89. The number of halogens is 1. The van der Waals surface area contributed by atoms with Crippen molar-refractivity contribution in [2.75, 3.05) is 11.9 Å². The number of amides is 2. The zero-order chi connectivity index (χ0) is 13.8. The molecule has 1 aliphatic heterocycles. The summed E-state index contributed by atoms with van der Waals surface area (Å²) in [6.45, 7) is 1.99. The molecule has 0 saturated heterocycles. The Kier molecular flexibility index (Phi) is 3.91. The van der Waals surface area contributed by atoms with Crippen molar-refractivity contribution in [1.29, 1.82) is 0 Å². The first-order chi connectivity index (χ1) is 9.04. The molecule has 3 N–H and O–H groups in total. The van der Waals surface area contributed by atoms with Gasteiger partial charge in [-0.15, -0.1) is 0 Å². The number of benzene rings is 1. The molecule has 0 bridgehead atoms. The summed E-state index contributed by atoms with van der Waals surface area (Å²) in [6.07, 6.45) is 1.27. The molecule has 0 saturated carbocycles. The normalized spacial score (nSPS) is 13.6. The Hall–Kier alpha value is -2.21. The van der Waals surface area contributed by atoms with E-state index >= 15 is 0 Å². The second-order valence-electron chi connectivity index (χ2n) is 3.95. The first kappa shape index (κ1) is 13.2. The lowest BCUT2D eigenvalue weighted by Crippen LogP contribution is -2.40. The maximum absolute atomic E-state index is 11.6. The molecule has 0 fully saturated rings. The van der Waals surface area contributed by atoms with Crippen LogP contribution in [0.1, 0.15) is 5.56 Å². The van der Waals surface area contributed by atoms with Crippen LogP contribution in [0.3, 0.4) is 0 Å². The molecule has 0 aromatic heterocycles. The third kappa shape index (κ3) is 3.62. The van der Waals surface area contributed by atoms with Crippen molar-refractivity contribution in [2.24, 2.45) is 0 Å². The minimum absolute atomic E-state index is 0.121. The van der Waals surface area contributed by atoms with E-state index in [2.05, 4.69) is 20.9 Å². The summed E-state index contributed by atoms with van der Waals surface area (Å²) in [6, 6.07) is 4.72. The highest BCUT2D eigenvalue weighted by atomic mass is 35.5. The van der Waals surface area contributed by atoms with Crippen molar-refractivity contribution >= 4 is 29.3 Å². The predicted molar refractivity (Wildman–Crippen MR) is 70.5 cm³/mol. The number of aryl methyl sites for hydroxylation is 1. The molecule has 1 heterocycles. The standard InChI is InChI=1S/C12H12ClN3O3/c1-7-2-3-8(4-10(7)13)14-12(18)16-15-9-5-11(17)19-6-9/h2-5,15H,6H2,1H3,(H2,14,16,18). The zero-order valence-corrected chi connectivity index (χ0v) is 10.9. The van der Waals surface area contributed by atoms with E-state index < -0.39 is 12.0 Å². The van der Waals surface area contributed by atoms with Gasteiger partial charge in [-0.25, -0.2) is 9.59 Å². The highest BCUT2D eigenvalue weighted by molar-refractivity contribution is 6.31. The number of cyclic esters (lactones) is 1. The summed E-state index contributed by atoms with van der Waals surface area (Å²) in [5.74, 6) is -0.435. The van der Waals surface area contributed by atoms with Gasteiger partial charge in [-0.2, -0.15) is 0 Å². The number of esters is 1. The van der Waals surface area contributed by atoms with Gasteiger partial charge in [0.2, 0.25) is 0 Å². The van der Waals surface area contributed by atoms with E-state index in [0.29, 0.717) is 16.4 Å². The number of urea groups is 1. The molecule has 1 aromatic rings. The molecule has 0 atom stereocenters. The summed E-state index contributed by atoms with van der Waals surface area (Å²) in [5.41, 5.74) is 6.95. The van der Waals surface area contributed by atoms with Crippen LogP contribution in [0.15, 0.2) is 30.0 Å². The molecule has 6 nitrogen and oxygen atoms in total. The second-order valence-corrected chi connectivity index (χ2v) is 4.35. The van der Waals surface area contributed by atoms with Crippen LogP contribution in [0.2, 0.25) is 5.02 Å². The number of ether oxygens (including phenoxy) is 1. The Balaban J connectivity index is 1.85. The van der Waals surface area contributed by atoms with Crippen LogP contribution in [0, 0.1) is 6.92 Å². The number of hydrazine groups is 1. The molecule has 100 valence electrons. The monoisotopic (exact) mass is 281 g/mol. The number of carbonyl (C=O) groups is 2. The summed E-state index contributed by atoms with van der Waals surface area (Å²) >= 11 is 5.94. The van der Waals surface area contributed by atoms with Crippen LogP contribution in [-0.4, -0.2) is 18.6 Å². The maximum Gasteiger partial charge on any atom is 0.337 e. The molecule has 0 radical (unpaired) electrons. The lowest BCUT2D eigenvalue weighted by Gasteiger charge is -2.10. The summed E-state index contributed by atoms with van der Waals surface area (Å²) in [5, 5.41) is 3.17. The van der Waals surface area contributed by atoms with Gasteiger partial charge in [-0.1, -0.05) is 17.7 Å². The van der Waals surface area contributed by atoms with Gasteiger partial charge < -0.3 is 10.1 Å². The fraction of sp³-hybridized carbons (Fsp3) is 0.167. The molecule has 2 amide bonds. The van der Waals surface area contributed by atoms with E-state index in [1.54, 1.807) is 18.2 Å². The van der Waals surface area contributed by atoms with Gasteiger partial charge in [0.25, 0.3) is 0 Å². The average molecular weight is 282 g/mol. The van der Waals surface area contributed by atoms with Crippen molar-refractivity contribution in [3.63, 3.8) is 0 Å². The number of hydrogen-bond donors (Lipinski definition) is 3. The van der Waals surface area contributed by atoms with Crippen molar-refractivity contribution < 1.29 is 14.3 Å². The van der Waals surface area contributed by atoms with Crippen molar-refractivity contribution in [1.82, 2.24) is 10.9 Å². The number of carbonyl (C=O) groups excluding carboxylic acids is 2. The average Bonchev–Trinajstić information content (AvgIpc) is 2.77. The Bertz CT molecular complexity index is 557. The third-order valence-corrected chi connectivity index (χ3v) is 2.84. The van der Waals surface area contributed by atoms with Gasteiger partial charge in [-0.05, 0) is 24.6 Å². The molecule has 0 spiro atoms. The van der Waals surface area contributed by atoms with Crippen LogP contribution in [0.4, 0.5) is 10.5 Å². The van der Waals surface area contributed by atoms with E-state index in [1.807, 2.05) is 6.92 Å². The van der Waals surface area contributed by atoms with Crippen LogP contribution < -0.4 is 16.2 Å². The van der Waals surface area contributed by atoms with Crippen molar-refractivity contribution in [2.45, 2.75) is 6.92 Å². The lowest BCUT2D eigenvalue weighted by atomic mass is 10.2. The van der Waals surface area contributed by atoms with Crippen LogP contribution in [0.25, 0.3) is 0 Å². The Labute approximate surface area is 114 Å². The maximum atomic E-state index is 11.6. The van der Waals surface area contributed by atoms with E-state index in [1.165, 1.54) is 6.08 Å². The van der Waals surface area contributed by atoms with Gasteiger partial charge in [0, 0.05) is 16.8 Å². The molecule has 1 aliphatic rings. The fourth-order valence-corrected chi connectivity index (χ4v) is 1.60. The molecule has 2 rings (SSSR count). The lowest BCUT2D eigenvalue weighted by molar-refractivity contribution is -0.134. The van der Waals surface area contributed by atoms with E-state index in [-0.39, 0.29) is 6.61 Å². The predicted octanol–water partition coefficient (Wildman–Crippen LogP) is 1.72. The van der Waals surface area contributed by atoms with E-state index in [4.69, 9.17) is 11.6 Å². The molecule has 0 aliphatic carbocycles. The number of anilines is 1. The fourth-order valence-electron chi connectivity index (χ4n) is 1.42. The molecular weight excluding hydrogens is 270 g/mol. The summed E-state index contributed by atoms with van der Waals surface area (Å²) in [7, 11) is 0. The molecule has 19 heavy (non-hydrogen) atoms. The number of nitrogens with one attached hydrogen (secondary N) is 3. The summed E-state index contributed by atoms with van der Waals surface area (Å²) in [4.78, 5) is 22.3. The minimum Gasteiger partial charge on any atom is -0.456 e. The van der Waals surface area contributed by atoms with Crippen molar-refractivity contribution in [3.8, 4) is 0 Å². The quantitative estimate of drug-likeness (QED) is 0.582. The van der Waals surface area contributed by atoms with Crippen LogP contribution in [0.5, 0.6) is 0 Å². The zero-order valence-electron chi connectivity index (χ0n) is 10.1. The Morgan fingerprint density at radius 3 is 2.84 bits per heavy atom. The third-order valence-electron chi connectivity index (χ3n) is 2.43. The van der Waals surface area contributed by atoms with Gasteiger partial charge in [-0.3, -0.25) is 10.9 Å². The van der Waals surface area contributed by atoms with E-state index in [0.717, 1.165) is 5.56 Å². The van der Waals surface area contributed by atoms with Crippen LogP contribution >= 0.6 is 11.6 Å². The molecular formula is C12H12ClN3O3. The topological polar surface area (TPSA) is 79.5 Å². The Morgan fingerprint density at radius 1 is 1.42 bits per heavy atom. The van der Waals surface area contributed by atoms with E-state index in [9.17, 15) is 9.59 Å². The second kappa shape index (κ2) is 5.62. The van der Waals surface area contributed by atoms with Crippen molar-refractivity contribution in [3.05, 3.63) is 40.6 Å². The largest absolute Gasteiger partial charge is 0.456 e.